The second-order valence-corrected chi connectivity index (χ2v) is 7.57. The van der Waals surface area contributed by atoms with Crippen LogP contribution in [0.1, 0.15) is 45.0 Å². The molecule has 1 N–H and O–H groups in total. The van der Waals surface area contributed by atoms with Gasteiger partial charge in [-0.05, 0) is 44.5 Å². The summed E-state index contributed by atoms with van der Waals surface area (Å²) in [6, 6.07) is 5.33. The molecule has 31 heavy (non-hydrogen) atoms. The summed E-state index contributed by atoms with van der Waals surface area (Å²) >= 11 is 0.988. The number of rotatable bonds is 8. The smallest absolute Gasteiger partial charge is 0.348 e. The molecule has 0 aliphatic carbocycles. The van der Waals surface area contributed by atoms with E-state index >= 15 is 0 Å². The van der Waals surface area contributed by atoms with Gasteiger partial charge in [-0.15, -0.1) is 11.3 Å². The van der Waals surface area contributed by atoms with Crippen molar-refractivity contribution >= 4 is 45.2 Å². The summed E-state index contributed by atoms with van der Waals surface area (Å²) in [5.74, 6) is -0.884. The summed E-state index contributed by atoms with van der Waals surface area (Å²) in [6.45, 7) is 5.37. The Kier molecular flexibility index (Phi) is 6.96. The first kappa shape index (κ1) is 22.4. The first-order valence-electron chi connectivity index (χ1n) is 9.71. The fourth-order valence-electron chi connectivity index (χ4n) is 3.11. The van der Waals surface area contributed by atoms with E-state index in [1.54, 1.807) is 46.1 Å². The number of carbonyl (C=O) groups excluding carboxylic acids is 3. The molecule has 164 valence electrons. The predicted octanol–water partition coefficient (Wildman–Crippen LogP) is 4.35. The first-order valence-corrected chi connectivity index (χ1v) is 10.5. The molecule has 2 aromatic heterocycles. The number of amides is 1. The third kappa shape index (κ3) is 4.72. The summed E-state index contributed by atoms with van der Waals surface area (Å²) in [5, 5.41) is 3.74. The topological polar surface area (TPSA) is 104 Å². The van der Waals surface area contributed by atoms with Crippen molar-refractivity contribution in [3.63, 3.8) is 0 Å². The molecule has 0 radical (unpaired) electrons. The van der Waals surface area contributed by atoms with Crippen molar-refractivity contribution < 1.29 is 33.0 Å². The van der Waals surface area contributed by atoms with E-state index in [1.807, 2.05) is 0 Å². The van der Waals surface area contributed by atoms with Gasteiger partial charge in [-0.3, -0.25) is 4.79 Å². The molecule has 0 saturated heterocycles. The highest BCUT2D eigenvalue weighted by atomic mass is 32.1. The fraction of sp³-hybridized carbons (Fsp3) is 0.318. The van der Waals surface area contributed by atoms with Crippen LogP contribution in [-0.4, -0.2) is 38.2 Å². The highest BCUT2D eigenvalue weighted by Gasteiger charge is 2.27. The molecule has 1 amide bonds. The molecule has 3 aromatic rings. The number of thiophene rings is 1. The lowest BCUT2D eigenvalue weighted by atomic mass is 10.1. The zero-order valence-electron chi connectivity index (χ0n) is 17.7. The summed E-state index contributed by atoms with van der Waals surface area (Å²) < 4.78 is 20.9. The number of fused-ring (bicyclic) bond motifs is 1. The number of ether oxygens (including phenoxy) is 3. The minimum absolute atomic E-state index is 0.00806. The standard InChI is InChI=1S/C22H23NO7S/c1-5-28-21(25)18-12(3)19(22(26)29-6-2)31-20(18)23-17(24)9-13-11-30-16-8-7-14(27-4)10-15(13)16/h7-8,10-11H,5-6,9H2,1-4H3,(H,23,24). The second kappa shape index (κ2) is 9.65. The largest absolute Gasteiger partial charge is 0.497 e. The maximum Gasteiger partial charge on any atom is 0.348 e. The van der Waals surface area contributed by atoms with Gasteiger partial charge < -0.3 is 23.9 Å². The van der Waals surface area contributed by atoms with Gasteiger partial charge in [0.05, 0.1) is 38.6 Å². The van der Waals surface area contributed by atoms with Crippen molar-refractivity contribution in [3.05, 3.63) is 46.0 Å². The summed E-state index contributed by atoms with van der Waals surface area (Å²) in [5.41, 5.74) is 1.87. The number of hydrogen-bond donors (Lipinski definition) is 1. The van der Waals surface area contributed by atoms with Gasteiger partial charge >= 0.3 is 11.9 Å². The molecular weight excluding hydrogens is 422 g/mol. The number of hydrogen-bond acceptors (Lipinski definition) is 8. The van der Waals surface area contributed by atoms with Gasteiger partial charge in [-0.1, -0.05) is 0 Å². The average Bonchev–Trinajstić information content (AvgIpc) is 3.28. The van der Waals surface area contributed by atoms with Crippen LogP contribution in [0.25, 0.3) is 11.0 Å². The van der Waals surface area contributed by atoms with Crippen LogP contribution in [-0.2, 0) is 20.7 Å². The third-order valence-electron chi connectivity index (χ3n) is 4.55. The summed E-state index contributed by atoms with van der Waals surface area (Å²) in [6.07, 6.45) is 1.52. The molecule has 0 fully saturated rings. The SMILES string of the molecule is CCOC(=O)c1sc(NC(=O)Cc2coc3ccc(OC)cc23)c(C(=O)OCC)c1C. The number of anilines is 1. The molecule has 0 atom stereocenters. The van der Waals surface area contributed by atoms with Crippen molar-refractivity contribution in [3.8, 4) is 5.75 Å². The Balaban J connectivity index is 1.89. The van der Waals surface area contributed by atoms with Crippen LogP contribution in [0.5, 0.6) is 5.75 Å². The van der Waals surface area contributed by atoms with E-state index in [4.69, 9.17) is 18.6 Å². The van der Waals surface area contributed by atoms with Crippen LogP contribution >= 0.6 is 11.3 Å². The van der Waals surface area contributed by atoms with Gasteiger partial charge in [0.15, 0.2) is 0 Å². The molecule has 1 aromatic carbocycles. The van der Waals surface area contributed by atoms with E-state index in [-0.39, 0.29) is 41.0 Å². The lowest BCUT2D eigenvalue weighted by Crippen LogP contribution is -2.16. The summed E-state index contributed by atoms with van der Waals surface area (Å²) in [4.78, 5) is 37.8. The van der Waals surface area contributed by atoms with E-state index in [0.29, 0.717) is 22.5 Å². The van der Waals surface area contributed by atoms with Gasteiger partial charge in [0.25, 0.3) is 0 Å². The monoisotopic (exact) mass is 445 g/mol. The highest BCUT2D eigenvalue weighted by Crippen LogP contribution is 2.35. The number of carbonyl (C=O) groups is 3. The molecular formula is C22H23NO7S. The quantitative estimate of drug-likeness (QED) is 0.514. The van der Waals surface area contributed by atoms with E-state index in [0.717, 1.165) is 16.7 Å². The normalized spacial score (nSPS) is 10.7. The molecule has 9 heteroatoms. The van der Waals surface area contributed by atoms with Gasteiger partial charge in [-0.25, -0.2) is 9.59 Å². The van der Waals surface area contributed by atoms with E-state index in [1.165, 1.54) is 6.26 Å². The van der Waals surface area contributed by atoms with E-state index in [2.05, 4.69) is 5.32 Å². The van der Waals surface area contributed by atoms with Crippen LogP contribution in [0.4, 0.5) is 5.00 Å². The Morgan fingerprint density at radius 2 is 1.81 bits per heavy atom. The minimum Gasteiger partial charge on any atom is -0.497 e. The fourth-order valence-corrected chi connectivity index (χ4v) is 4.22. The van der Waals surface area contributed by atoms with E-state index in [9.17, 15) is 14.4 Å². The highest BCUT2D eigenvalue weighted by molar-refractivity contribution is 7.18. The second-order valence-electron chi connectivity index (χ2n) is 6.55. The van der Waals surface area contributed by atoms with E-state index < -0.39 is 11.9 Å². The zero-order valence-corrected chi connectivity index (χ0v) is 18.5. The molecule has 8 nitrogen and oxygen atoms in total. The Labute approximate surface area is 183 Å². The molecule has 0 unspecified atom stereocenters. The number of nitrogens with one attached hydrogen (secondary N) is 1. The van der Waals surface area contributed by atoms with Crippen molar-refractivity contribution in [2.75, 3.05) is 25.6 Å². The predicted molar refractivity (Wildman–Crippen MR) is 116 cm³/mol. The number of benzene rings is 1. The maximum atomic E-state index is 12.8. The molecule has 0 saturated carbocycles. The Morgan fingerprint density at radius 1 is 1.10 bits per heavy atom. The van der Waals surface area contributed by atoms with Crippen LogP contribution in [0.3, 0.4) is 0 Å². The van der Waals surface area contributed by atoms with Crippen LogP contribution < -0.4 is 10.1 Å². The number of esters is 2. The van der Waals surface area contributed by atoms with Crippen LogP contribution in [0.15, 0.2) is 28.9 Å². The van der Waals surface area contributed by atoms with Crippen LogP contribution in [0.2, 0.25) is 0 Å². The maximum absolute atomic E-state index is 12.8. The Bertz CT molecular complexity index is 1130. The molecule has 0 aliphatic heterocycles. The zero-order chi connectivity index (χ0) is 22.5. The molecule has 0 bridgehead atoms. The Morgan fingerprint density at radius 3 is 2.48 bits per heavy atom. The Hall–Kier alpha value is -3.33. The van der Waals surface area contributed by atoms with Crippen molar-refractivity contribution in [1.82, 2.24) is 0 Å². The van der Waals surface area contributed by atoms with Gasteiger partial charge in [-0.2, -0.15) is 0 Å². The molecule has 2 heterocycles. The average molecular weight is 445 g/mol. The molecule has 3 rings (SSSR count). The molecule has 0 spiro atoms. The van der Waals surface area contributed by atoms with Gasteiger partial charge in [0.2, 0.25) is 5.91 Å². The van der Waals surface area contributed by atoms with Gasteiger partial charge in [0.1, 0.15) is 21.2 Å². The third-order valence-corrected chi connectivity index (χ3v) is 5.74. The lowest BCUT2D eigenvalue weighted by Gasteiger charge is -2.07. The van der Waals surface area contributed by atoms with Crippen molar-refractivity contribution in [2.24, 2.45) is 0 Å². The first-order chi connectivity index (χ1) is 14.9. The van der Waals surface area contributed by atoms with Crippen molar-refractivity contribution in [2.45, 2.75) is 27.2 Å². The van der Waals surface area contributed by atoms with Crippen LogP contribution in [0, 0.1) is 6.92 Å². The minimum atomic E-state index is -0.611. The number of methoxy groups -OCH3 is 1. The van der Waals surface area contributed by atoms with Gasteiger partial charge in [0, 0.05) is 10.9 Å². The molecule has 0 aliphatic rings. The van der Waals surface area contributed by atoms with Crippen molar-refractivity contribution in [1.29, 1.82) is 0 Å². The lowest BCUT2D eigenvalue weighted by molar-refractivity contribution is -0.115. The summed E-state index contributed by atoms with van der Waals surface area (Å²) in [7, 11) is 1.56. The number of furan rings is 1.